The van der Waals surface area contributed by atoms with Gasteiger partial charge in [0.05, 0.1) is 11.6 Å². The van der Waals surface area contributed by atoms with Crippen molar-refractivity contribution in [2.24, 2.45) is 0 Å². The van der Waals surface area contributed by atoms with Crippen LogP contribution in [0.5, 0.6) is 0 Å². The maximum atomic E-state index is 12.7. The van der Waals surface area contributed by atoms with Gasteiger partial charge in [-0.25, -0.2) is 0 Å². The lowest BCUT2D eigenvalue weighted by Gasteiger charge is -2.41. The molecule has 1 unspecified atom stereocenters. The van der Waals surface area contributed by atoms with E-state index in [0.717, 1.165) is 12.8 Å². The van der Waals surface area contributed by atoms with Crippen molar-refractivity contribution in [3.8, 4) is 0 Å². The minimum Gasteiger partial charge on any atom is -0.344 e. The Bertz CT molecular complexity index is 309. The van der Waals surface area contributed by atoms with Crippen LogP contribution in [0.2, 0.25) is 0 Å². The van der Waals surface area contributed by atoms with Gasteiger partial charge in [-0.2, -0.15) is 13.2 Å². The second-order valence-electron chi connectivity index (χ2n) is 5.36. The molecule has 0 radical (unpaired) electrons. The summed E-state index contributed by atoms with van der Waals surface area (Å²) in [5.41, 5.74) is 0. The van der Waals surface area contributed by atoms with E-state index in [1.165, 1.54) is 0 Å². The van der Waals surface area contributed by atoms with Gasteiger partial charge < -0.3 is 4.89 Å². The molecule has 0 amide bonds. The second-order valence-corrected chi connectivity index (χ2v) is 8.15. The van der Waals surface area contributed by atoms with Gasteiger partial charge in [-0.15, -0.1) is 0 Å². The fraction of sp³-hybridized carbons (Fsp3) is 1.00. The number of hydrogen-bond donors (Lipinski definition) is 1. The molecule has 0 aliphatic heterocycles. The van der Waals surface area contributed by atoms with Crippen molar-refractivity contribution >= 4 is 7.37 Å². The highest BCUT2D eigenvalue weighted by Crippen LogP contribution is 2.64. The number of halogens is 3. The Kier molecular flexibility index (Phi) is 5.31. The summed E-state index contributed by atoms with van der Waals surface area (Å²) in [7, 11) is -3.73. The molecule has 2 nitrogen and oxygen atoms in total. The molecule has 1 aliphatic rings. The van der Waals surface area contributed by atoms with Gasteiger partial charge in [0.25, 0.3) is 0 Å². The first kappa shape index (κ1) is 16.0. The number of alkyl halides is 3. The molecular weight excluding hydrogens is 264 g/mol. The molecule has 0 saturated heterocycles. The van der Waals surface area contributed by atoms with E-state index in [1.54, 1.807) is 0 Å². The van der Waals surface area contributed by atoms with Crippen molar-refractivity contribution in [2.45, 2.75) is 69.6 Å². The first-order chi connectivity index (χ1) is 8.22. The van der Waals surface area contributed by atoms with Crippen LogP contribution in [-0.2, 0) is 4.57 Å². The third kappa shape index (κ3) is 3.99. The number of hydrogen-bond acceptors (Lipinski definition) is 1. The summed E-state index contributed by atoms with van der Waals surface area (Å²) in [5.74, 6) is 0. The minimum atomic E-state index is -4.36. The van der Waals surface area contributed by atoms with Crippen molar-refractivity contribution < 1.29 is 22.6 Å². The average molecular weight is 286 g/mol. The van der Waals surface area contributed by atoms with Gasteiger partial charge in [0.2, 0.25) is 7.37 Å². The molecule has 1 N–H and O–H groups in total. The van der Waals surface area contributed by atoms with E-state index in [4.69, 9.17) is 0 Å². The molecule has 0 aromatic rings. The van der Waals surface area contributed by atoms with Crippen LogP contribution in [0, 0.1) is 0 Å². The van der Waals surface area contributed by atoms with E-state index in [1.807, 2.05) is 6.92 Å². The van der Waals surface area contributed by atoms with Crippen LogP contribution in [0.4, 0.5) is 13.2 Å². The largest absolute Gasteiger partial charge is 0.390 e. The lowest BCUT2D eigenvalue weighted by atomic mass is 9.85. The predicted octanol–water partition coefficient (Wildman–Crippen LogP) is 4.71. The quantitative estimate of drug-likeness (QED) is 0.743. The van der Waals surface area contributed by atoms with E-state index < -0.39 is 25.1 Å². The number of rotatable bonds is 5. The van der Waals surface area contributed by atoms with Gasteiger partial charge in [0, 0.05) is 6.16 Å². The van der Waals surface area contributed by atoms with Gasteiger partial charge in [0.1, 0.15) is 0 Å². The zero-order valence-electron chi connectivity index (χ0n) is 10.8. The molecule has 0 spiro atoms. The van der Waals surface area contributed by atoms with Crippen LogP contribution in [-0.4, -0.2) is 22.4 Å². The normalized spacial score (nSPS) is 23.6. The highest BCUT2D eigenvalue weighted by Gasteiger charge is 2.53. The van der Waals surface area contributed by atoms with E-state index in [9.17, 15) is 22.6 Å². The van der Waals surface area contributed by atoms with Crippen LogP contribution in [0.15, 0.2) is 0 Å². The van der Waals surface area contributed by atoms with Crippen LogP contribution < -0.4 is 0 Å². The molecule has 1 atom stereocenters. The van der Waals surface area contributed by atoms with Crippen molar-refractivity contribution in [2.75, 3.05) is 6.16 Å². The van der Waals surface area contributed by atoms with Crippen molar-refractivity contribution in [3.63, 3.8) is 0 Å². The van der Waals surface area contributed by atoms with E-state index in [0.29, 0.717) is 19.3 Å². The van der Waals surface area contributed by atoms with Crippen molar-refractivity contribution in [1.82, 2.24) is 0 Å². The topological polar surface area (TPSA) is 37.3 Å². The lowest BCUT2D eigenvalue weighted by molar-refractivity contribution is -0.144. The fourth-order valence-corrected chi connectivity index (χ4v) is 5.50. The Hall–Kier alpha value is -0.0200. The Morgan fingerprint density at radius 2 is 1.78 bits per heavy atom. The monoisotopic (exact) mass is 286 g/mol. The highest BCUT2D eigenvalue weighted by molar-refractivity contribution is 7.59. The maximum absolute atomic E-state index is 12.7. The highest BCUT2D eigenvalue weighted by atomic mass is 31.2. The smallest absolute Gasteiger partial charge is 0.344 e. The molecule has 0 aromatic carbocycles. The van der Waals surface area contributed by atoms with Gasteiger partial charge in [0.15, 0.2) is 0 Å². The molecule has 108 valence electrons. The Morgan fingerprint density at radius 1 is 1.22 bits per heavy atom. The summed E-state index contributed by atoms with van der Waals surface area (Å²) >= 11 is 0. The second kappa shape index (κ2) is 5.96. The summed E-state index contributed by atoms with van der Waals surface area (Å²) in [6, 6.07) is 0. The zero-order valence-corrected chi connectivity index (χ0v) is 11.7. The van der Waals surface area contributed by atoms with E-state index in [2.05, 4.69) is 0 Å². The Balaban J connectivity index is 2.92. The van der Waals surface area contributed by atoms with Crippen LogP contribution >= 0.6 is 7.37 Å². The van der Waals surface area contributed by atoms with Gasteiger partial charge >= 0.3 is 6.18 Å². The van der Waals surface area contributed by atoms with Crippen LogP contribution in [0.1, 0.15) is 58.3 Å². The Labute approximate surface area is 106 Å². The molecule has 1 saturated carbocycles. The summed E-state index contributed by atoms with van der Waals surface area (Å²) in [5, 5.41) is -1.40. The molecule has 1 aliphatic carbocycles. The molecule has 0 heterocycles. The molecular formula is C12H22F3O2P. The standard InChI is InChI=1S/C12H22F3O2P/c1-2-3-9-18(16,17)11(10-12(13,14)15)7-5-4-6-8-11/h2-10H2,1H3,(H,16,17). The first-order valence-electron chi connectivity index (χ1n) is 6.61. The SMILES string of the molecule is CCCCP(=O)(O)C1(CC(F)(F)F)CCCCC1. The minimum absolute atomic E-state index is 0.0274. The molecule has 0 aromatic heterocycles. The van der Waals surface area contributed by atoms with Gasteiger partial charge in [-0.1, -0.05) is 32.6 Å². The zero-order chi connectivity index (χ0) is 13.9. The van der Waals surface area contributed by atoms with Gasteiger partial charge in [-0.3, -0.25) is 4.57 Å². The van der Waals surface area contributed by atoms with Crippen LogP contribution in [0.3, 0.4) is 0 Å². The number of unbranched alkanes of at least 4 members (excludes halogenated alkanes) is 1. The molecule has 1 fully saturated rings. The predicted molar refractivity (Wildman–Crippen MR) is 66.1 cm³/mol. The first-order valence-corrected chi connectivity index (χ1v) is 8.46. The maximum Gasteiger partial charge on any atom is 0.390 e. The van der Waals surface area contributed by atoms with E-state index in [-0.39, 0.29) is 19.0 Å². The van der Waals surface area contributed by atoms with Crippen LogP contribution in [0.25, 0.3) is 0 Å². The van der Waals surface area contributed by atoms with Crippen molar-refractivity contribution in [1.29, 1.82) is 0 Å². The fourth-order valence-electron chi connectivity index (χ4n) is 2.84. The molecule has 6 heteroatoms. The summed E-state index contributed by atoms with van der Waals surface area (Å²) < 4.78 is 50.5. The van der Waals surface area contributed by atoms with Crippen molar-refractivity contribution in [3.05, 3.63) is 0 Å². The average Bonchev–Trinajstić information content (AvgIpc) is 2.25. The Morgan fingerprint density at radius 3 is 2.22 bits per heavy atom. The summed E-state index contributed by atoms with van der Waals surface area (Å²) in [6.45, 7) is 1.87. The lowest BCUT2D eigenvalue weighted by Crippen LogP contribution is -2.37. The third-order valence-electron chi connectivity index (χ3n) is 3.87. The third-order valence-corrected chi connectivity index (χ3v) is 6.88. The molecule has 0 bridgehead atoms. The van der Waals surface area contributed by atoms with E-state index >= 15 is 0 Å². The molecule has 1 rings (SSSR count). The van der Waals surface area contributed by atoms with Gasteiger partial charge in [-0.05, 0) is 19.3 Å². The summed E-state index contributed by atoms with van der Waals surface area (Å²) in [4.78, 5) is 10.1. The summed E-state index contributed by atoms with van der Waals surface area (Å²) in [6.07, 6.45) is -1.57. The molecule has 18 heavy (non-hydrogen) atoms.